The molecule has 0 aliphatic carbocycles. The Hall–Kier alpha value is -3.68. The first-order valence-corrected chi connectivity index (χ1v) is 7.90. The summed E-state index contributed by atoms with van der Waals surface area (Å²) in [6, 6.07) is 14.0. The van der Waals surface area contributed by atoms with Gasteiger partial charge < -0.3 is 14.3 Å². The number of hydrogen-bond acceptors (Lipinski definition) is 6. The first-order chi connectivity index (χ1) is 12.6. The van der Waals surface area contributed by atoms with Gasteiger partial charge in [-0.3, -0.25) is 9.36 Å². The summed E-state index contributed by atoms with van der Waals surface area (Å²) in [7, 11) is 0. The summed E-state index contributed by atoms with van der Waals surface area (Å²) >= 11 is 0. The highest BCUT2D eigenvalue weighted by Gasteiger charge is 2.15. The van der Waals surface area contributed by atoms with Gasteiger partial charge in [0, 0.05) is 12.5 Å². The average Bonchev–Trinajstić information content (AvgIpc) is 3.19. The fourth-order valence-electron chi connectivity index (χ4n) is 2.69. The van der Waals surface area contributed by atoms with Gasteiger partial charge in [-0.15, -0.1) is 0 Å². The van der Waals surface area contributed by atoms with Crippen molar-refractivity contribution in [1.29, 1.82) is 0 Å². The number of fused-ring (bicyclic) bond motifs is 1. The Labute approximate surface area is 147 Å². The Kier molecular flexibility index (Phi) is 3.85. The van der Waals surface area contributed by atoms with E-state index in [0.29, 0.717) is 34.1 Å². The second kappa shape index (κ2) is 6.32. The molecule has 0 unspecified atom stereocenters. The van der Waals surface area contributed by atoms with Crippen LogP contribution in [0.1, 0.15) is 5.89 Å². The van der Waals surface area contributed by atoms with Gasteiger partial charge in [0.2, 0.25) is 17.6 Å². The first-order valence-electron chi connectivity index (χ1n) is 7.90. The van der Waals surface area contributed by atoms with Gasteiger partial charge in [-0.05, 0) is 24.3 Å². The van der Waals surface area contributed by atoms with E-state index in [-0.39, 0.29) is 12.5 Å². The Balaban J connectivity index is 1.61. The number of oxazole rings is 1. The molecule has 2 aromatic carbocycles. The number of aromatic nitrogens is 3. The molecule has 0 bridgehead atoms. The minimum atomic E-state index is -0.580. The van der Waals surface area contributed by atoms with E-state index in [9.17, 15) is 9.59 Å². The van der Waals surface area contributed by atoms with Crippen molar-refractivity contribution in [3.63, 3.8) is 0 Å². The van der Waals surface area contributed by atoms with E-state index >= 15 is 0 Å². The van der Waals surface area contributed by atoms with Crippen LogP contribution in [-0.2, 0) is 11.3 Å². The van der Waals surface area contributed by atoms with Gasteiger partial charge in [-0.1, -0.05) is 29.4 Å². The van der Waals surface area contributed by atoms with Gasteiger partial charge in [-0.2, -0.15) is 4.98 Å². The van der Waals surface area contributed by atoms with Crippen LogP contribution in [0.2, 0.25) is 0 Å². The molecule has 2 heterocycles. The molecule has 8 nitrogen and oxygen atoms in total. The monoisotopic (exact) mass is 350 g/mol. The number of aryl methyl sites for hydroxylation is 1. The van der Waals surface area contributed by atoms with Crippen molar-refractivity contribution in [2.75, 3.05) is 5.32 Å². The zero-order chi connectivity index (χ0) is 18.1. The molecule has 4 aromatic rings. The standard InChI is InChI=1S/C18H14N4O4/c1-11-19-17(21-26-11)12-6-2-3-7-13(12)20-16(23)10-22-14-8-4-5-9-15(14)25-18(22)24/h2-9H,10H2,1H3,(H,20,23). The van der Waals surface area contributed by atoms with Crippen molar-refractivity contribution in [3.8, 4) is 11.4 Å². The Morgan fingerprint density at radius 1 is 1.15 bits per heavy atom. The van der Waals surface area contributed by atoms with Crippen molar-refractivity contribution in [1.82, 2.24) is 14.7 Å². The quantitative estimate of drug-likeness (QED) is 0.607. The first kappa shape index (κ1) is 15.8. The Morgan fingerprint density at radius 3 is 2.73 bits per heavy atom. The maximum Gasteiger partial charge on any atom is 0.420 e. The van der Waals surface area contributed by atoms with Gasteiger partial charge in [0.1, 0.15) is 6.54 Å². The molecule has 0 aliphatic heterocycles. The third-order valence-electron chi connectivity index (χ3n) is 3.85. The molecular formula is C18H14N4O4. The van der Waals surface area contributed by atoms with Gasteiger partial charge in [0.25, 0.3) is 0 Å². The Morgan fingerprint density at radius 2 is 1.92 bits per heavy atom. The minimum absolute atomic E-state index is 0.171. The van der Waals surface area contributed by atoms with E-state index in [2.05, 4.69) is 15.5 Å². The molecule has 0 aliphatic rings. The smallest absolute Gasteiger partial charge is 0.408 e. The number of anilines is 1. The molecular weight excluding hydrogens is 336 g/mol. The highest BCUT2D eigenvalue weighted by molar-refractivity contribution is 5.95. The van der Waals surface area contributed by atoms with Gasteiger partial charge in [0.05, 0.1) is 11.2 Å². The van der Waals surface area contributed by atoms with E-state index in [1.165, 1.54) is 4.57 Å². The summed E-state index contributed by atoms with van der Waals surface area (Å²) in [4.78, 5) is 28.7. The van der Waals surface area contributed by atoms with Crippen LogP contribution in [0.3, 0.4) is 0 Å². The largest absolute Gasteiger partial charge is 0.420 e. The molecule has 0 atom stereocenters. The summed E-state index contributed by atoms with van der Waals surface area (Å²) in [5, 5.41) is 6.66. The van der Waals surface area contributed by atoms with E-state index in [1.54, 1.807) is 49.4 Å². The molecule has 1 amide bonds. The summed E-state index contributed by atoms with van der Waals surface area (Å²) in [5.74, 6) is -0.142. The van der Waals surface area contributed by atoms with E-state index in [1.807, 2.05) is 6.07 Å². The van der Waals surface area contributed by atoms with Crippen molar-refractivity contribution in [2.24, 2.45) is 0 Å². The molecule has 130 valence electrons. The molecule has 4 rings (SSSR count). The van der Waals surface area contributed by atoms with Crippen LogP contribution in [0.25, 0.3) is 22.5 Å². The van der Waals surface area contributed by atoms with Crippen molar-refractivity contribution in [2.45, 2.75) is 13.5 Å². The third-order valence-corrected chi connectivity index (χ3v) is 3.85. The molecule has 26 heavy (non-hydrogen) atoms. The number of hydrogen-bond donors (Lipinski definition) is 1. The highest BCUT2D eigenvalue weighted by atomic mass is 16.5. The number of benzene rings is 2. The van der Waals surface area contributed by atoms with E-state index < -0.39 is 5.76 Å². The topological polar surface area (TPSA) is 103 Å². The number of nitrogens with one attached hydrogen (secondary N) is 1. The lowest BCUT2D eigenvalue weighted by atomic mass is 10.1. The van der Waals surface area contributed by atoms with Gasteiger partial charge >= 0.3 is 5.76 Å². The SMILES string of the molecule is Cc1nc(-c2ccccc2NC(=O)Cn2c(=O)oc3ccccc32)no1. The highest BCUT2D eigenvalue weighted by Crippen LogP contribution is 2.25. The molecule has 0 fully saturated rings. The molecule has 1 N–H and O–H groups in total. The van der Waals surface area contributed by atoms with E-state index in [4.69, 9.17) is 8.94 Å². The van der Waals surface area contributed by atoms with Crippen LogP contribution < -0.4 is 11.1 Å². The molecule has 8 heteroatoms. The zero-order valence-electron chi connectivity index (χ0n) is 13.8. The lowest BCUT2D eigenvalue weighted by Crippen LogP contribution is -2.25. The van der Waals surface area contributed by atoms with Gasteiger partial charge in [0.15, 0.2) is 5.58 Å². The second-order valence-corrected chi connectivity index (χ2v) is 5.65. The predicted octanol–water partition coefficient (Wildman–Crippen LogP) is 2.59. The maximum absolute atomic E-state index is 12.5. The normalized spacial score (nSPS) is 11.0. The van der Waals surface area contributed by atoms with Gasteiger partial charge in [-0.25, -0.2) is 4.79 Å². The Bertz CT molecular complexity index is 1160. The number of carbonyl (C=O) groups is 1. The average molecular weight is 350 g/mol. The maximum atomic E-state index is 12.5. The van der Waals surface area contributed by atoms with Crippen LogP contribution in [0.15, 0.2) is 62.3 Å². The predicted molar refractivity (Wildman–Crippen MR) is 93.6 cm³/mol. The number of nitrogens with zero attached hydrogens (tertiary/aromatic N) is 3. The lowest BCUT2D eigenvalue weighted by Gasteiger charge is -2.09. The van der Waals surface area contributed by atoms with Crippen LogP contribution in [-0.4, -0.2) is 20.6 Å². The molecule has 0 spiro atoms. The fourth-order valence-corrected chi connectivity index (χ4v) is 2.69. The second-order valence-electron chi connectivity index (χ2n) is 5.65. The van der Waals surface area contributed by atoms with Crippen LogP contribution in [0, 0.1) is 6.92 Å². The van der Waals surface area contributed by atoms with Crippen molar-refractivity contribution in [3.05, 3.63) is 65.0 Å². The van der Waals surface area contributed by atoms with Crippen molar-refractivity contribution >= 4 is 22.7 Å². The summed E-state index contributed by atoms with van der Waals surface area (Å²) in [6.45, 7) is 1.52. The summed E-state index contributed by atoms with van der Waals surface area (Å²) in [6.07, 6.45) is 0. The van der Waals surface area contributed by atoms with Crippen molar-refractivity contribution < 1.29 is 13.7 Å². The lowest BCUT2D eigenvalue weighted by molar-refractivity contribution is -0.116. The number of rotatable bonds is 4. The third kappa shape index (κ3) is 2.88. The van der Waals surface area contributed by atoms with Crippen LogP contribution >= 0.6 is 0 Å². The minimum Gasteiger partial charge on any atom is -0.408 e. The number of amides is 1. The molecule has 0 radical (unpaired) electrons. The molecule has 0 saturated heterocycles. The number of para-hydroxylation sites is 3. The zero-order valence-corrected chi connectivity index (χ0v) is 13.8. The molecule has 0 saturated carbocycles. The molecule has 2 aromatic heterocycles. The number of carbonyl (C=O) groups excluding carboxylic acids is 1. The fraction of sp³-hybridized carbons (Fsp3) is 0.111. The van der Waals surface area contributed by atoms with Crippen LogP contribution in [0.4, 0.5) is 5.69 Å². The summed E-state index contributed by atoms with van der Waals surface area (Å²) in [5.41, 5.74) is 2.16. The summed E-state index contributed by atoms with van der Waals surface area (Å²) < 4.78 is 11.4. The van der Waals surface area contributed by atoms with Crippen LogP contribution in [0.5, 0.6) is 0 Å². The van der Waals surface area contributed by atoms with E-state index in [0.717, 1.165) is 0 Å².